The van der Waals surface area contributed by atoms with Crippen LogP contribution in [0.1, 0.15) is 6.42 Å². The van der Waals surface area contributed by atoms with Gasteiger partial charge in [0.05, 0.1) is 10.9 Å². The molecule has 0 bridgehead atoms. The van der Waals surface area contributed by atoms with Crippen LogP contribution in [-0.2, 0) is 9.59 Å². The zero-order chi connectivity index (χ0) is 13.1. The smallest absolute Gasteiger partial charge is 0.242 e. The van der Waals surface area contributed by atoms with Gasteiger partial charge in [0.15, 0.2) is 5.17 Å². The minimum atomic E-state index is -1.23. The van der Waals surface area contributed by atoms with E-state index >= 15 is 0 Å². The summed E-state index contributed by atoms with van der Waals surface area (Å²) >= 11 is 1.16. The van der Waals surface area contributed by atoms with E-state index in [2.05, 4.69) is 4.99 Å². The van der Waals surface area contributed by atoms with Crippen molar-refractivity contribution in [2.24, 2.45) is 4.99 Å². The molecule has 1 aromatic rings. The van der Waals surface area contributed by atoms with Crippen LogP contribution in [0, 0.1) is 0 Å². The van der Waals surface area contributed by atoms with Gasteiger partial charge in [0.25, 0.3) is 0 Å². The van der Waals surface area contributed by atoms with Crippen molar-refractivity contribution in [3.63, 3.8) is 0 Å². The van der Waals surface area contributed by atoms with Gasteiger partial charge in [0, 0.05) is 19.4 Å². The maximum Gasteiger partial charge on any atom is 0.242 e. The number of thioether (sulfide) groups is 1. The predicted molar refractivity (Wildman–Crippen MR) is 67.3 cm³/mol. The Kier molecular flexibility index (Phi) is 3.66. The molecular formula is C12H11N2O3S-. The summed E-state index contributed by atoms with van der Waals surface area (Å²) in [5, 5.41) is 10.4. The van der Waals surface area contributed by atoms with Crippen LogP contribution in [0.15, 0.2) is 35.3 Å². The Balaban J connectivity index is 2.18. The first-order valence-electron chi connectivity index (χ1n) is 5.36. The lowest BCUT2D eigenvalue weighted by Gasteiger charge is -2.08. The van der Waals surface area contributed by atoms with Gasteiger partial charge in [-0.15, -0.1) is 0 Å². The molecule has 0 N–H and O–H groups in total. The Morgan fingerprint density at radius 3 is 2.72 bits per heavy atom. The monoisotopic (exact) mass is 263 g/mol. The number of amides is 1. The Morgan fingerprint density at radius 1 is 1.44 bits per heavy atom. The maximum absolute atomic E-state index is 11.8. The molecule has 1 aliphatic heterocycles. The summed E-state index contributed by atoms with van der Waals surface area (Å²) < 4.78 is 0. The minimum absolute atomic E-state index is 0.251. The Hall–Kier alpha value is -1.82. The fraction of sp³-hybridized carbons (Fsp3) is 0.250. The number of carbonyl (C=O) groups excluding carboxylic acids is 2. The second-order valence-electron chi connectivity index (χ2n) is 3.81. The van der Waals surface area contributed by atoms with Gasteiger partial charge in [-0.05, 0) is 12.1 Å². The summed E-state index contributed by atoms with van der Waals surface area (Å²) in [5.74, 6) is -1.48. The number of para-hydroxylation sites is 1. The third kappa shape index (κ3) is 2.70. The summed E-state index contributed by atoms with van der Waals surface area (Å²) in [6.45, 7) is 0. The van der Waals surface area contributed by atoms with Gasteiger partial charge in [0.1, 0.15) is 0 Å². The van der Waals surface area contributed by atoms with Crippen molar-refractivity contribution >= 4 is 34.5 Å². The first kappa shape index (κ1) is 12.6. The summed E-state index contributed by atoms with van der Waals surface area (Å²) in [4.78, 5) is 28.0. The topological polar surface area (TPSA) is 72.8 Å². The normalized spacial score (nSPS) is 21.6. The molecular weight excluding hydrogens is 252 g/mol. The highest BCUT2D eigenvalue weighted by Gasteiger charge is 2.35. The number of benzene rings is 1. The molecule has 1 aliphatic rings. The molecule has 1 amide bonds. The Morgan fingerprint density at radius 2 is 2.11 bits per heavy atom. The first-order valence-corrected chi connectivity index (χ1v) is 6.23. The third-order valence-corrected chi connectivity index (χ3v) is 3.70. The van der Waals surface area contributed by atoms with E-state index < -0.39 is 11.2 Å². The van der Waals surface area contributed by atoms with Gasteiger partial charge in [0.2, 0.25) is 5.91 Å². The molecule has 1 atom stereocenters. The molecule has 0 aromatic heterocycles. The fourth-order valence-electron chi connectivity index (χ4n) is 1.56. The number of aliphatic imine (C=N–C) groups is 1. The maximum atomic E-state index is 11.8. The van der Waals surface area contributed by atoms with Crippen molar-refractivity contribution < 1.29 is 14.7 Å². The summed E-state index contributed by atoms with van der Waals surface area (Å²) in [6, 6.07) is 9.20. The van der Waals surface area contributed by atoms with Crippen LogP contribution in [0.5, 0.6) is 0 Å². The molecule has 6 heteroatoms. The molecule has 18 heavy (non-hydrogen) atoms. The lowest BCUT2D eigenvalue weighted by molar-refractivity contribution is -0.305. The molecule has 1 saturated heterocycles. The third-order valence-electron chi connectivity index (χ3n) is 2.47. The predicted octanol–water partition coefficient (Wildman–Crippen LogP) is 0.388. The van der Waals surface area contributed by atoms with E-state index in [1.54, 1.807) is 7.05 Å². The van der Waals surface area contributed by atoms with Gasteiger partial charge in [-0.3, -0.25) is 9.69 Å². The molecule has 2 rings (SSSR count). The van der Waals surface area contributed by atoms with Crippen molar-refractivity contribution in [2.45, 2.75) is 11.7 Å². The standard InChI is InChI=1S/C12H12N2O3S/c1-14-11(17)9(7-10(15)16)18-12(14)13-8-5-3-2-4-6-8/h2-6,9H,7H2,1H3,(H,15,16)/p-1/t9-/m0/s1. The molecule has 0 saturated carbocycles. The number of aliphatic carboxylic acids is 1. The van der Waals surface area contributed by atoms with Crippen molar-refractivity contribution in [1.82, 2.24) is 4.90 Å². The van der Waals surface area contributed by atoms with Gasteiger partial charge >= 0.3 is 0 Å². The van der Waals surface area contributed by atoms with Crippen molar-refractivity contribution in [1.29, 1.82) is 0 Å². The lowest BCUT2D eigenvalue weighted by atomic mass is 10.3. The number of amidine groups is 1. The van der Waals surface area contributed by atoms with E-state index in [9.17, 15) is 14.7 Å². The molecule has 5 nitrogen and oxygen atoms in total. The van der Waals surface area contributed by atoms with E-state index in [0.717, 1.165) is 17.4 Å². The largest absolute Gasteiger partial charge is 0.550 e. The molecule has 0 unspecified atom stereocenters. The molecule has 1 fully saturated rings. The van der Waals surface area contributed by atoms with E-state index in [0.29, 0.717) is 5.17 Å². The zero-order valence-corrected chi connectivity index (χ0v) is 10.5. The number of rotatable bonds is 3. The van der Waals surface area contributed by atoms with E-state index in [1.807, 2.05) is 30.3 Å². The van der Waals surface area contributed by atoms with E-state index in [1.165, 1.54) is 4.90 Å². The summed E-state index contributed by atoms with van der Waals surface area (Å²) in [6.07, 6.45) is -0.290. The SMILES string of the molecule is CN1C(=O)[C@H](CC(=O)[O-])SC1=Nc1ccccc1. The Bertz CT molecular complexity index is 501. The second kappa shape index (κ2) is 5.22. The number of carboxylic acids is 1. The van der Waals surface area contributed by atoms with Crippen LogP contribution >= 0.6 is 11.8 Å². The molecule has 0 spiro atoms. The number of hydrogen-bond acceptors (Lipinski definition) is 5. The average Bonchev–Trinajstić information content (AvgIpc) is 2.58. The van der Waals surface area contributed by atoms with Gasteiger partial charge in [-0.25, -0.2) is 4.99 Å². The minimum Gasteiger partial charge on any atom is -0.550 e. The molecule has 1 heterocycles. The zero-order valence-electron chi connectivity index (χ0n) is 9.70. The first-order chi connectivity index (χ1) is 8.58. The summed E-state index contributed by atoms with van der Waals surface area (Å²) in [7, 11) is 1.59. The number of hydrogen-bond donors (Lipinski definition) is 0. The second-order valence-corrected chi connectivity index (χ2v) is 4.98. The van der Waals surface area contributed by atoms with Crippen molar-refractivity contribution in [2.75, 3.05) is 7.05 Å². The number of carboxylic acid groups (broad SMARTS) is 1. The highest BCUT2D eigenvalue weighted by Crippen LogP contribution is 2.30. The van der Waals surface area contributed by atoms with Crippen LogP contribution < -0.4 is 5.11 Å². The van der Waals surface area contributed by atoms with Crippen LogP contribution in [0.2, 0.25) is 0 Å². The number of nitrogens with zero attached hydrogens (tertiary/aromatic N) is 2. The lowest BCUT2D eigenvalue weighted by Crippen LogP contribution is -2.32. The van der Waals surface area contributed by atoms with E-state index in [4.69, 9.17) is 0 Å². The fourth-order valence-corrected chi connectivity index (χ4v) is 2.70. The molecule has 0 aliphatic carbocycles. The van der Waals surface area contributed by atoms with Crippen LogP contribution in [-0.4, -0.2) is 34.2 Å². The average molecular weight is 263 g/mol. The highest BCUT2D eigenvalue weighted by molar-refractivity contribution is 8.15. The van der Waals surface area contributed by atoms with Gasteiger partial charge in [-0.1, -0.05) is 30.0 Å². The highest BCUT2D eigenvalue weighted by atomic mass is 32.2. The summed E-state index contributed by atoms with van der Waals surface area (Å²) in [5.41, 5.74) is 0.730. The van der Waals surface area contributed by atoms with Crippen LogP contribution in [0.4, 0.5) is 5.69 Å². The number of carbonyl (C=O) groups is 2. The molecule has 94 valence electrons. The van der Waals surface area contributed by atoms with Crippen LogP contribution in [0.25, 0.3) is 0 Å². The van der Waals surface area contributed by atoms with Crippen molar-refractivity contribution in [3.05, 3.63) is 30.3 Å². The van der Waals surface area contributed by atoms with Crippen LogP contribution in [0.3, 0.4) is 0 Å². The van der Waals surface area contributed by atoms with Crippen molar-refractivity contribution in [3.8, 4) is 0 Å². The van der Waals surface area contributed by atoms with Gasteiger partial charge < -0.3 is 9.90 Å². The van der Waals surface area contributed by atoms with E-state index in [-0.39, 0.29) is 12.3 Å². The quantitative estimate of drug-likeness (QED) is 0.790. The van der Waals surface area contributed by atoms with Gasteiger partial charge in [-0.2, -0.15) is 0 Å². The molecule has 1 aromatic carbocycles. The Labute approximate surface area is 109 Å². The molecule has 0 radical (unpaired) electrons.